The highest BCUT2D eigenvalue weighted by molar-refractivity contribution is 7.80. The van der Waals surface area contributed by atoms with Crippen molar-refractivity contribution in [1.29, 1.82) is 0 Å². The van der Waals surface area contributed by atoms with Gasteiger partial charge in [0.2, 0.25) is 0 Å². The molecule has 0 fully saturated rings. The Hall–Kier alpha value is -1.20. The molecule has 0 bridgehead atoms. The van der Waals surface area contributed by atoms with Gasteiger partial charge in [-0.25, -0.2) is 0 Å². The Balaban J connectivity index is 3.02. The van der Waals surface area contributed by atoms with E-state index in [1.54, 1.807) is 25.4 Å². The molecule has 0 spiro atoms. The fraction of sp³-hybridized carbons (Fsp3) is 0.333. The lowest BCUT2D eigenvalue weighted by Crippen LogP contribution is -2.29. The van der Waals surface area contributed by atoms with Crippen molar-refractivity contribution in [2.75, 3.05) is 13.7 Å². The normalized spacial score (nSPS) is 10.1. The van der Waals surface area contributed by atoms with Crippen LogP contribution < -0.4 is 11.3 Å². The first-order valence-corrected chi connectivity index (χ1v) is 4.56. The molecular formula is C9H12N2O2S. The highest BCUT2D eigenvalue weighted by atomic mass is 32.1. The van der Waals surface area contributed by atoms with Crippen molar-refractivity contribution >= 4 is 17.2 Å². The van der Waals surface area contributed by atoms with Crippen LogP contribution in [0.1, 0.15) is 5.56 Å². The van der Waals surface area contributed by atoms with Gasteiger partial charge in [-0.3, -0.25) is 4.79 Å². The average molecular weight is 212 g/mol. The molecule has 0 saturated carbocycles. The summed E-state index contributed by atoms with van der Waals surface area (Å²) >= 11 is 4.75. The SMILES string of the molecule is COCCn1cccc(C(N)=S)c1=O. The number of thiocarbonyl (C=S) groups is 1. The standard InChI is InChI=1S/C9H12N2O2S/c1-13-6-5-11-4-2-3-7(8(10)14)9(11)12/h2-4H,5-6H2,1H3,(H2,10,14). The van der Waals surface area contributed by atoms with E-state index in [-0.39, 0.29) is 10.5 Å². The highest BCUT2D eigenvalue weighted by Crippen LogP contribution is 1.92. The van der Waals surface area contributed by atoms with Crippen LogP contribution in [0.5, 0.6) is 0 Å². The fourth-order valence-corrected chi connectivity index (χ4v) is 1.25. The molecule has 5 heteroatoms. The molecule has 1 aromatic rings. The number of aromatic nitrogens is 1. The first kappa shape index (κ1) is 10.9. The summed E-state index contributed by atoms with van der Waals surface area (Å²) in [6.07, 6.45) is 1.68. The maximum Gasteiger partial charge on any atom is 0.260 e. The smallest absolute Gasteiger partial charge is 0.260 e. The lowest BCUT2D eigenvalue weighted by molar-refractivity contribution is 0.186. The molecule has 1 rings (SSSR count). The minimum Gasteiger partial charge on any atom is -0.389 e. The Morgan fingerprint density at radius 2 is 2.43 bits per heavy atom. The summed E-state index contributed by atoms with van der Waals surface area (Å²) in [5, 5.41) is 0. The van der Waals surface area contributed by atoms with Crippen LogP contribution in [0, 0.1) is 0 Å². The van der Waals surface area contributed by atoms with Crippen LogP contribution in [-0.2, 0) is 11.3 Å². The first-order chi connectivity index (χ1) is 6.66. The van der Waals surface area contributed by atoms with E-state index in [1.807, 2.05) is 0 Å². The quantitative estimate of drug-likeness (QED) is 0.721. The molecule has 1 aromatic heterocycles. The largest absolute Gasteiger partial charge is 0.389 e. The Morgan fingerprint density at radius 3 is 3.00 bits per heavy atom. The van der Waals surface area contributed by atoms with Crippen LogP contribution in [0.25, 0.3) is 0 Å². The third-order valence-electron chi connectivity index (χ3n) is 1.82. The van der Waals surface area contributed by atoms with E-state index in [0.29, 0.717) is 18.7 Å². The fourth-order valence-electron chi connectivity index (χ4n) is 1.09. The monoisotopic (exact) mass is 212 g/mol. The van der Waals surface area contributed by atoms with Crippen LogP contribution in [-0.4, -0.2) is 23.3 Å². The Labute approximate surface area is 87.3 Å². The van der Waals surface area contributed by atoms with Crippen molar-refractivity contribution < 1.29 is 4.74 Å². The molecule has 1 heterocycles. The number of rotatable bonds is 4. The minimum absolute atomic E-state index is 0.127. The molecule has 0 saturated heterocycles. The summed E-state index contributed by atoms with van der Waals surface area (Å²) in [5.74, 6) is 0. The van der Waals surface area contributed by atoms with Crippen LogP contribution in [0.4, 0.5) is 0 Å². The topological polar surface area (TPSA) is 57.2 Å². The maximum absolute atomic E-state index is 11.7. The highest BCUT2D eigenvalue weighted by Gasteiger charge is 2.04. The zero-order chi connectivity index (χ0) is 10.6. The van der Waals surface area contributed by atoms with Crippen LogP contribution in [0.15, 0.2) is 23.1 Å². The van der Waals surface area contributed by atoms with Gasteiger partial charge in [0.15, 0.2) is 0 Å². The molecule has 14 heavy (non-hydrogen) atoms. The number of hydrogen-bond acceptors (Lipinski definition) is 3. The lowest BCUT2D eigenvalue weighted by atomic mass is 10.3. The Morgan fingerprint density at radius 1 is 1.71 bits per heavy atom. The molecule has 0 aliphatic carbocycles. The molecule has 0 aliphatic heterocycles. The third-order valence-corrected chi connectivity index (χ3v) is 2.04. The van der Waals surface area contributed by atoms with Gasteiger partial charge in [0.05, 0.1) is 12.2 Å². The van der Waals surface area contributed by atoms with E-state index in [2.05, 4.69) is 0 Å². The minimum atomic E-state index is -0.169. The summed E-state index contributed by atoms with van der Waals surface area (Å²) < 4.78 is 6.40. The predicted octanol–water partition coefficient (Wildman–Crippen LogP) is 0.129. The van der Waals surface area contributed by atoms with E-state index < -0.39 is 0 Å². The average Bonchev–Trinajstić information content (AvgIpc) is 2.16. The van der Waals surface area contributed by atoms with Gasteiger partial charge in [-0.2, -0.15) is 0 Å². The van der Waals surface area contributed by atoms with Crippen molar-refractivity contribution in [3.05, 3.63) is 34.2 Å². The molecule has 76 valence electrons. The summed E-state index contributed by atoms with van der Waals surface area (Å²) in [6.45, 7) is 0.993. The van der Waals surface area contributed by atoms with Gasteiger partial charge in [-0.05, 0) is 12.1 Å². The molecular weight excluding hydrogens is 200 g/mol. The molecule has 0 amide bonds. The summed E-state index contributed by atoms with van der Waals surface area (Å²) in [7, 11) is 1.59. The molecule has 2 N–H and O–H groups in total. The number of hydrogen-bond donors (Lipinski definition) is 1. The second kappa shape index (κ2) is 4.88. The molecule has 0 aromatic carbocycles. The lowest BCUT2D eigenvalue weighted by Gasteiger charge is -2.05. The Bertz CT molecular complexity index is 387. The van der Waals surface area contributed by atoms with E-state index in [1.165, 1.54) is 4.57 Å². The summed E-state index contributed by atoms with van der Waals surface area (Å²) in [4.78, 5) is 11.8. The van der Waals surface area contributed by atoms with Gasteiger partial charge in [-0.15, -0.1) is 0 Å². The van der Waals surface area contributed by atoms with Crippen molar-refractivity contribution in [3.63, 3.8) is 0 Å². The number of nitrogens with zero attached hydrogens (tertiary/aromatic N) is 1. The number of ether oxygens (including phenoxy) is 1. The van der Waals surface area contributed by atoms with Gasteiger partial charge >= 0.3 is 0 Å². The molecule has 0 aliphatic rings. The molecule has 0 atom stereocenters. The number of nitrogens with two attached hydrogens (primary N) is 1. The predicted molar refractivity (Wildman–Crippen MR) is 58.5 cm³/mol. The van der Waals surface area contributed by atoms with Crippen LogP contribution in [0.3, 0.4) is 0 Å². The van der Waals surface area contributed by atoms with Gasteiger partial charge in [0.25, 0.3) is 5.56 Å². The second-order valence-corrected chi connectivity index (χ2v) is 3.22. The van der Waals surface area contributed by atoms with Gasteiger partial charge in [0, 0.05) is 19.9 Å². The van der Waals surface area contributed by atoms with E-state index in [9.17, 15) is 4.79 Å². The van der Waals surface area contributed by atoms with Crippen molar-refractivity contribution in [1.82, 2.24) is 4.57 Å². The summed E-state index contributed by atoms with van der Waals surface area (Å²) in [6, 6.07) is 3.36. The van der Waals surface area contributed by atoms with Crippen molar-refractivity contribution in [2.24, 2.45) is 5.73 Å². The molecule has 0 radical (unpaired) electrons. The van der Waals surface area contributed by atoms with E-state index in [4.69, 9.17) is 22.7 Å². The molecule has 4 nitrogen and oxygen atoms in total. The van der Waals surface area contributed by atoms with Crippen molar-refractivity contribution in [2.45, 2.75) is 6.54 Å². The van der Waals surface area contributed by atoms with Gasteiger partial charge in [0.1, 0.15) is 4.99 Å². The number of methoxy groups -OCH3 is 1. The second-order valence-electron chi connectivity index (χ2n) is 2.78. The van der Waals surface area contributed by atoms with Crippen molar-refractivity contribution in [3.8, 4) is 0 Å². The number of pyridine rings is 1. The van der Waals surface area contributed by atoms with Gasteiger partial charge in [-0.1, -0.05) is 12.2 Å². The molecule has 0 unspecified atom stereocenters. The van der Waals surface area contributed by atoms with E-state index >= 15 is 0 Å². The van der Waals surface area contributed by atoms with Gasteiger partial charge < -0.3 is 15.0 Å². The van der Waals surface area contributed by atoms with Crippen LogP contribution in [0.2, 0.25) is 0 Å². The first-order valence-electron chi connectivity index (χ1n) is 4.15. The zero-order valence-electron chi connectivity index (χ0n) is 7.90. The van der Waals surface area contributed by atoms with Crippen LogP contribution >= 0.6 is 12.2 Å². The summed E-state index contributed by atoms with van der Waals surface area (Å²) in [5.41, 5.74) is 5.60. The zero-order valence-corrected chi connectivity index (χ0v) is 8.71. The maximum atomic E-state index is 11.7. The third kappa shape index (κ3) is 2.40. The van der Waals surface area contributed by atoms with E-state index in [0.717, 1.165) is 0 Å². The Kier molecular flexibility index (Phi) is 3.79.